The molecule has 1 aromatic rings. The highest BCUT2D eigenvalue weighted by Gasteiger charge is 2.29. The molecule has 2 heterocycles. The van der Waals surface area contributed by atoms with Gasteiger partial charge in [0, 0.05) is 32.2 Å². The molecule has 3 rings (SSSR count). The van der Waals surface area contributed by atoms with Gasteiger partial charge in [-0.1, -0.05) is 19.8 Å². The number of amides is 1. The van der Waals surface area contributed by atoms with Crippen molar-refractivity contribution in [1.82, 2.24) is 9.80 Å². The Bertz CT molecular complexity index is 435. The van der Waals surface area contributed by atoms with E-state index in [1.54, 1.807) is 18.4 Å². The van der Waals surface area contributed by atoms with Crippen molar-refractivity contribution in [3.63, 3.8) is 0 Å². The first-order valence-electron chi connectivity index (χ1n) is 7.81. The second kappa shape index (κ2) is 6.00. The van der Waals surface area contributed by atoms with Crippen LogP contribution in [0.4, 0.5) is 0 Å². The highest BCUT2D eigenvalue weighted by Crippen LogP contribution is 2.28. The summed E-state index contributed by atoms with van der Waals surface area (Å²) in [6.07, 6.45) is 6.96. The van der Waals surface area contributed by atoms with Gasteiger partial charge < -0.3 is 9.32 Å². The first kappa shape index (κ1) is 13.7. The first-order valence-corrected chi connectivity index (χ1v) is 7.81. The van der Waals surface area contributed by atoms with Crippen LogP contribution in [0.25, 0.3) is 0 Å². The van der Waals surface area contributed by atoms with Gasteiger partial charge in [0.05, 0.1) is 6.26 Å². The minimum atomic E-state index is 0.0339. The third-order valence-corrected chi connectivity index (χ3v) is 4.76. The summed E-state index contributed by atoms with van der Waals surface area (Å²) in [5.74, 6) is 1.35. The van der Waals surface area contributed by atoms with Crippen LogP contribution in [0.1, 0.15) is 43.2 Å². The van der Waals surface area contributed by atoms with Crippen molar-refractivity contribution in [2.45, 2.75) is 38.6 Å². The molecule has 0 unspecified atom stereocenters. The molecule has 0 bridgehead atoms. The van der Waals surface area contributed by atoms with Crippen LogP contribution in [0.15, 0.2) is 22.8 Å². The molecule has 1 saturated carbocycles. The van der Waals surface area contributed by atoms with E-state index >= 15 is 0 Å². The topological polar surface area (TPSA) is 36.7 Å². The molecule has 2 fully saturated rings. The molecule has 0 aromatic carbocycles. The maximum absolute atomic E-state index is 12.2. The van der Waals surface area contributed by atoms with Crippen LogP contribution in [0.3, 0.4) is 0 Å². The van der Waals surface area contributed by atoms with Crippen molar-refractivity contribution >= 4 is 5.91 Å². The lowest BCUT2D eigenvalue weighted by atomic mass is 9.86. The Morgan fingerprint density at radius 2 is 2.05 bits per heavy atom. The summed E-state index contributed by atoms with van der Waals surface area (Å²) in [4.78, 5) is 16.7. The smallest absolute Gasteiger partial charge is 0.289 e. The Morgan fingerprint density at radius 1 is 1.25 bits per heavy atom. The van der Waals surface area contributed by atoms with Gasteiger partial charge in [-0.25, -0.2) is 0 Å². The normalized spacial score (nSPS) is 28.6. The molecule has 1 aliphatic heterocycles. The lowest BCUT2D eigenvalue weighted by molar-refractivity contribution is 0.0465. The summed E-state index contributed by atoms with van der Waals surface area (Å²) in [6.45, 7) is 6.02. The quantitative estimate of drug-likeness (QED) is 0.833. The van der Waals surface area contributed by atoms with Crippen molar-refractivity contribution < 1.29 is 9.21 Å². The van der Waals surface area contributed by atoms with Gasteiger partial charge in [-0.15, -0.1) is 0 Å². The van der Waals surface area contributed by atoms with Crippen LogP contribution in [0.5, 0.6) is 0 Å². The standard InChI is InChI=1S/C16H24N2O2/c1-13-4-2-5-14(12-13)17-7-9-18(10-8-17)16(19)15-6-3-11-20-15/h3,6,11,13-14H,2,4-5,7-10,12H2,1H3/t13-,14-/m0/s1. The zero-order valence-corrected chi connectivity index (χ0v) is 12.3. The molecular weight excluding hydrogens is 252 g/mol. The van der Waals surface area contributed by atoms with E-state index < -0.39 is 0 Å². The van der Waals surface area contributed by atoms with E-state index in [1.165, 1.54) is 25.7 Å². The predicted molar refractivity (Wildman–Crippen MR) is 77.6 cm³/mol. The summed E-state index contributed by atoms with van der Waals surface area (Å²) in [6, 6.07) is 4.25. The molecule has 110 valence electrons. The molecule has 2 atom stereocenters. The van der Waals surface area contributed by atoms with Crippen molar-refractivity contribution in [1.29, 1.82) is 0 Å². The fraction of sp³-hybridized carbons (Fsp3) is 0.688. The van der Waals surface area contributed by atoms with Gasteiger partial charge in [0.15, 0.2) is 5.76 Å². The maximum Gasteiger partial charge on any atom is 0.289 e. The van der Waals surface area contributed by atoms with Gasteiger partial charge in [-0.05, 0) is 30.9 Å². The zero-order chi connectivity index (χ0) is 13.9. The Kier molecular flexibility index (Phi) is 4.10. The van der Waals surface area contributed by atoms with Crippen molar-refractivity contribution in [3.05, 3.63) is 24.2 Å². The largest absolute Gasteiger partial charge is 0.459 e. The second-order valence-electron chi connectivity index (χ2n) is 6.23. The van der Waals surface area contributed by atoms with Crippen LogP contribution < -0.4 is 0 Å². The summed E-state index contributed by atoms with van der Waals surface area (Å²) >= 11 is 0. The van der Waals surface area contributed by atoms with Crippen LogP contribution >= 0.6 is 0 Å². The van der Waals surface area contributed by atoms with Gasteiger partial charge in [0.25, 0.3) is 5.91 Å². The molecule has 1 aliphatic carbocycles. The van der Waals surface area contributed by atoms with E-state index in [2.05, 4.69) is 11.8 Å². The third kappa shape index (κ3) is 2.90. The molecule has 0 radical (unpaired) electrons. The number of hydrogen-bond donors (Lipinski definition) is 0. The summed E-state index contributed by atoms with van der Waals surface area (Å²) in [5, 5.41) is 0. The molecule has 0 N–H and O–H groups in total. The number of nitrogens with zero attached hydrogens (tertiary/aromatic N) is 2. The van der Waals surface area contributed by atoms with Gasteiger partial charge in [0.2, 0.25) is 0 Å². The van der Waals surface area contributed by atoms with E-state index in [0.29, 0.717) is 5.76 Å². The molecular formula is C16H24N2O2. The highest BCUT2D eigenvalue weighted by molar-refractivity contribution is 5.91. The summed E-state index contributed by atoms with van der Waals surface area (Å²) in [5.41, 5.74) is 0. The van der Waals surface area contributed by atoms with E-state index in [0.717, 1.165) is 38.1 Å². The number of carbonyl (C=O) groups excluding carboxylic acids is 1. The van der Waals surface area contributed by atoms with Gasteiger partial charge in [-0.2, -0.15) is 0 Å². The number of hydrogen-bond acceptors (Lipinski definition) is 3. The third-order valence-electron chi connectivity index (χ3n) is 4.76. The maximum atomic E-state index is 12.2. The molecule has 0 spiro atoms. The van der Waals surface area contributed by atoms with Gasteiger partial charge in [-0.3, -0.25) is 9.69 Å². The lowest BCUT2D eigenvalue weighted by Crippen LogP contribution is -2.52. The minimum Gasteiger partial charge on any atom is -0.459 e. The Balaban J connectivity index is 1.53. The SMILES string of the molecule is C[C@H]1CCC[C@H](N2CCN(C(=O)c3ccco3)CC2)C1. The van der Waals surface area contributed by atoms with E-state index in [1.807, 2.05) is 4.90 Å². The molecule has 1 aromatic heterocycles. The van der Waals surface area contributed by atoms with Crippen molar-refractivity contribution in [2.24, 2.45) is 5.92 Å². The van der Waals surface area contributed by atoms with Crippen LogP contribution in [0.2, 0.25) is 0 Å². The fourth-order valence-corrected chi connectivity index (χ4v) is 3.58. The van der Waals surface area contributed by atoms with E-state index in [4.69, 9.17) is 4.42 Å². The first-order chi connectivity index (χ1) is 9.74. The Morgan fingerprint density at radius 3 is 2.70 bits per heavy atom. The number of carbonyl (C=O) groups is 1. The minimum absolute atomic E-state index is 0.0339. The summed E-state index contributed by atoms with van der Waals surface area (Å²) in [7, 11) is 0. The second-order valence-corrected chi connectivity index (χ2v) is 6.23. The predicted octanol–water partition coefficient (Wildman–Crippen LogP) is 2.62. The van der Waals surface area contributed by atoms with Crippen molar-refractivity contribution in [2.75, 3.05) is 26.2 Å². The van der Waals surface area contributed by atoms with Gasteiger partial charge >= 0.3 is 0 Å². The molecule has 20 heavy (non-hydrogen) atoms. The number of furan rings is 1. The molecule has 1 amide bonds. The molecule has 2 aliphatic rings. The average molecular weight is 276 g/mol. The van der Waals surface area contributed by atoms with Crippen LogP contribution in [-0.4, -0.2) is 47.9 Å². The van der Waals surface area contributed by atoms with Gasteiger partial charge in [0.1, 0.15) is 0 Å². The van der Waals surface area contributed by atoms with Crippen LogP contribution in [0, 0.1) is 5.92 Å². The number of rotatable bonds is 2. The van der Waals surface area contributed by atoms with Crippen LogP contribution in [-0.2, 0) is 0 Å². The fourth-order valence-electron chi connectivity index (χ4n) is 3.58. The van der Waals surface area contributed by atoms with E-state index in [9.17, 15) is 4.79 Å². The molecule has 4 heteroatoms. The average Bonchev–Trinajstić information content (AvgIpc) is 3.01. The summed E-state index contributed by atoms with van der Waals surface area (Å²) < 4.78 is 5.20. The lowest BCUT2D eigenvalue weighted by Gasteiger charge is -2.41. The zero-order valence-electron chi connectivity index (χ0n) is 12.3. The molecule has 1 saturated heterocycles. The highest BCUT2D eigenvalue weighted by atomic mass is 16.3. The van der Waals surface area contributed by atoms with E-state index in [-0.39, 0.29) is 5.91 Å². The van der Waals surface area contributed by atoms with Crippen molar-refractivity contribution in [3.8, 4) is 0 Å². The monoisotopic (exact) mass is 276 g/mol. The number of piperazine rings is 1. The molecule has 4 nitrogen and oxygen atoms in total. The Hall–Kier alpha value is -1.29. The Labute approximate surface area is 120 Å².